The Kier molecular flexibility index (Phi) is 3.10. The van der Waals surface area contributed by atoms with Gasteiger partial charge >= 0.3 is 5.97 Å². The lowest BCUT2D eigenvalue weighted by molar-refractivity contribution is -0.142. The van der Waals surface area contributed by atoms with Crippen LogP contribution < -0.4 is 5.32 Å². The second-order valence-corrected chi connectivity index (χ2v) is 6.17. The van der Waals surface area contributed by atoms with E-state index in [9.17, 15) is 9.59 Å². The third-order valence-corrected chi connectivity index (χ3v) is 4.90. The third kappa shape index (κ3) is 1.74. The zero-order valence-corrected chi connectivity index (χ0v) is 13.6. The standard InChI is InChI=1S/C20H17NO3/c1-12-6-5-9-15-17(12)21-20(18(15)22,19(23)24-2)16-11-10-13-7-3-4-8-14(13)16/h3-9,11,21H,10H2,1-2H3. The van der Waals surface area contributed by atoms with Crippen LogP contribution in [0.5, 0.6) is 0 Å². The third-order valence-electron chi connectivity index (χ3n) is 4.90. The summed E-state index contributed by atoms with van der Waals surface area (Å²) in [4.78, 5) is 26.0. The molecule has 0 fully saturated rings. The van der Waals surface area contributed by atoms with Gasteiger partial charge in [-0.15, -0.1) is 0 Å². The average molecular weight is 319 g/mol. The van der Waals surface area contributed by atoms with Gasteiger partial charge in [-0.2, -0.15) is 0 Å². The quantitative estimate of drug-likeness (QED) is 0.682. The summed E-state index contributed by atoms with van der Waals surface area (Å²) < 4.78 is 5.04. The van der Waals surface area contributed by atoms with Gasteiger partial charge in [0, 0.05) is 16.8 Å². The van der Waals surface area contributed by atoms with E-state index in [1.807, 2.05) is 49.4 Å². The number of para-hydroxylation sites is 1. The molecule has 2 aromatic rings. The summed E-state index contributed by atoms with van der Waals surface area (Å²) in [5.74, 6) is -0.831. The summed E-state index contributed by atoms with van der Waals surface area (Å²) in [7, 11) is 1.32. The van der Waals surface area contributed by atoms with E-state index < -0.39 is 11.5 Å². The van der Waals surface area contributed by atoms with Gasteiger partial charge in [0.2, 0.25) is 11.3 Å². The van der Waals surface area contributed by atoms with Crippen LogP contribution in [0.25, 0.3) is 5.57 Å². The Labute approximate surface area is 140 Å². The number of Topliss-reactive ketones (excluding diaryl/α,β-unsaturated/α-hetero) is 1. The number of fused-ring (bicyclic) bond motifs is 2. The van der Waals surface area contributed by atoms with E-state index in [2.05, 4.69) is 5.32 Å². The highest BCUT2D eigenvalue weighted by Gasteiger charge is 2.56. The SMILES string of the molecule is COC(=O)C1(C2=CCc3ccccc32)Nc2c(C)cccc2C1=O. The van der Waals surface area contributed by atoms with E-state index in [0.29, 0.717) is 23.2 Å². The van der Waals surface area contributed by atoms with E-state index in [1.165, 1.54) is 7.11 Å². The molecule has 1 unspecified atom stereocenters. The maximum Gasteiger partial charge on any atom is 0.344 e. The highest BCUT2D eigenvalue weighted by molar-refractivity contribution is 6.32. The summed E-state index contributed by atoms with van der Waals surface area (Å²) in [6, 6.07) is 13.3. The van der Waals surface area contributed by atoms with Crippen molar-refractivity contribution in [2.24, 2.45) is 0 Å². The zero-order valence-electron chi connectivity index (χ0n) is 13.6. The molecule has 1 heterocycles. The van der Waals surface area contributed by atoms with Gasteiger partial charge in [0.15, 0.2) is 0 Å². The predicted octanol–water partition coefficient (Wildman–Crippen LogP) is 3.15. The van der Waals surface area contributed by atoms with E-state index >= 15 is 0 Å². The van der Waals surface area contributed by atoms with Crippen LogP contribution in [0, 0.1) is 6.92 Å². The first-order chi connectivity index (χ1) is 11.6. The molecule has 120 valence electrons. The Morgan fingerprint density at radius 1 is 1.12 bits per heavy atom. The number of anilines is 1. The van der Waals surface area contributed by atoms with E-state index in [4.69, 9.17) is 4.74 Å². The van der Waals surface area contributed by atoms with Crippen molar-refractivity contribution in [2.45, 2.75) is 18.9 Å². The fourth-order valence-corrected chi connectivity index (χ4v) is 3.70. The summed E-state index contributed by atoms with van der Waals surface area (Å²) in [5.41, 5.74) is 3.38. The highest BCUT2D eigenvalue weighted by Crippen LogP contribution is 2.45. The van der Waals surface area contributed by atoms with Crippen molar-refractivity contribution >= 4 is 23.0 Å². The van der Waals surface area contributed by atoms with Gasteiger partial charge in [0.25, 0.3) is 0 Å². The molecule has 0 radical (unpaired) electrons. The number of allylic oxidation sites excluding steroid dienone is 1. The number of hydrogen-bond donors (Lipinski definition) is 1. The molecule has 1 aliphatic heterocycles. The van der Waals surface area contributed by atoms with Crippen LogP contribution >= 0.6 is 0 Å². The lowest BCUT2D eigenvalue weighted by atomic mass is 9.82. The first-order valence-electron chi connectivity index (χ1n) is 7.89. The summed E-state index contributed by atoms with van der Waals surface area (Å²) in [5, 5.41) is 3.21. The number of ketones is 1. The van der Waals surface area contributed by atoms with Crippen molar-refractivity contribution in [2.75, 3.05) is 12.4 Å². The molecule has 1 N–H and O–H groups in total. The monoisotopic (exact) mass is 319 g/mol. The molecule has 4 rings (SSSR count). The molecule has 0 amide bonds. The number of esters is 1. The zero-order chi connectivity index (χ0) is 16.9. The number of methoxy groups -OCH3 is 1. The molecule has 0 saturated carbocycles. The van der Waals surface area contributed by atoms with Crippen LogP contribution in [0.1, 0.15) is 27.0 Å². The lowest BCUT2D eigenvalue weighted by Gasteiger charge is -2.28. The molecular formula is C20H17NO3. The predicted molar refractivity (Wildman–Crippen MR) is 92.0 cm³/mol. The normalized spacial score (nSPS) is 20.9. The summed E-state index contributed by atoms with van der Waals surface area (Å²) in [6.07, 6.45) is 2.65. The van der Waals surface area contributed by atoms with Crippen LogP contribution in [0.2, 0.25) is 0 Å². The van der Waals surface area contributed by atoms with Crippen LogP contribution in [0.3, 0.4) is 0 Å². The minimum Gasteiger partial charge on any atom is -0.467 e. The van der Waals surface area contributed by atoms with Crippen LogP contribution in [0.4, 0.5) is 5.69 Å². The second-order valence-electron chi connectivity index (χ2n) is 6.17. The molecule has 0 saturated heterocycles. The number of benzene rings is 2. The van der Waals surface area contributed by atoms with Gasteiger partial charge in [-0.05, 0) is 36.1 Å². The fraction of sp³-hybridized carbons (Fsp3) is 0.200. The molecule has 4 heteroatoms. The average Bonchev–Trinajstić information content (AvgIpc) is 3.16. The molecule has 1 aliphatic carbocycles. The van der Waals surface area contributed by atoms with Crippen molar-refractivity contribution < 1.29 is 14.3 Å². The van der Waals surface area contributed by atoms with Crippen molar-refractivity contribution in [1.82, 2.24) is 0 Å². The number of nitrogens with one attached hydrogen (secondary N) is 1. The molecule has 0 bridgehead atoms. The Bertz CT molecular complexity index is 913. The maximum atomic E-state index is 13.3. The Hall–Kier alpha value is -2.88. The number of carbonyl (C=O) groups excluding carboxylic acids is 2. The molecule has 2 aromatic carbocycles. The maximum absolute atomic E-state index is 13.3. The van der Waals surface area contributed by atoms with Crippen LogP contribution in [-0.2, 0) is 16.0 Å². The molecular weight excluding hydrogens is 302 g/mol. The van der Waals surface area contributed by atoms with Crippen molar-refractivity contribution in [3.05, 3.63) is 70.8 Å². The van der Waals surface area contributed by atoms with Gasteiger partial charge in [-0.3, -0.25) is 4.79 Å². The van der Waals surface area contributed by atoms with Crippen LogP contribution in [0.15, 0.2) is 48.5 Å². The fourth-order valence-electron chi connectivity index (χ4n) is 3.70. The molecule has 0 aromatic heterocycles. The lowest BCUT2D eigenvalue weighted by Crippen LogP contribution is -2.51. The molecule has 2 aliphatic rings. The molecule has 1 atom stereocenters. The van der Waals surface area contributed by atoms with Gasteiger partial charge < -0.3 is 10.1 Å². The van der Waals surface area contributed by atoms with Gasteiger partial charge in [-0.1, -0.05) is 42.5 Å². The highest BCUT2D eigenvalue weighted by atomic mass is 16.5. The largest absolute Gasteiger partial charge is 0.467 e. The number of carbonyl (C=O) groups is 2. The van der Waals surface area contributed by atoms with Crippen molar-refractivity contribution in [1.29, 1.82) is 0 Å². The van der Waals surface area contributed by atoms with E-state index in [1.54, 1.807) is 6.07 Å². The number of ether oxygens (including phenoxy) is 1. The molecule has 4 nitrogen and oxygen atoms in total. The van der Waals surface area contributed by atoms with Gasteiger partial charge in [0.05, 0.1) is 7.11 Å². The summed E-state index contributed by atoms with van der Waals surface area (Å²) in [6.45, 7) is 1.92. The second kappa shape index (κ2) is 5.06. The smallest absolute Gasteiger partial charge is 0.344 e. The Morgan fingerprint density at radius 3 is 2.62 bits per heavy atom. The topological polar surface area (TPSA) is 55.4 Å². The summed E-state index contributed by atoms with van der Waals surface area (Å²) >= 11 is 0. The van der Waals surface area contributed by atoms with Crippen molar-refractivity contribution in [3.8, 4) is 0 Å². The Morgan fingerprint density at radius 2 is 1.88 bits per heavy atom. The van der Waals surface area contributed by atoms with Gasteiger partial charge in [-0.25, -0.2) is 4.79 Å². The minimum absolute atomic E-state index is 0.254. The first-order valence-corrected chi connectivity index (χ1v) is 7.89. The number of aryl methyl sites for hydroxylation is 1. The molecule has 24 heavy (non-hydrogen) atoms. The number of hydrogen-bond acceptors (Lipinski definition) is 4. The first kappa shape index (κ1) is 14.7. The molecule has 0 spiro atoms. The van der Waals surface area contributed by atoms with Crippen molar-refractivity contribution in [3.63, 3.8) is 0 Å². The van der Waals surface area contributed by atoms with Gasteiger partial charge in [0.1, 0.15) is 0 Å². The Balaban J connectivity index is 1.94. The van der Waals surface area contributed by atoms with E-state index in [-0.39, 0.29) is 5.78 Å². The van der Waals surface area contributed by atoms with E-state index in [0.717, 1.165) is 16.7 Å². The minimum atomic E-state index is -1.50. The van der Waals surface area contributed by atoms with Crippen LogP contribution in [-0.4, -0.2) is 24.4 Å². The number of rotatable bonds is 2.